The minimum Gasteiger partial charge on any atom is -0.380 e. The summed E-state index contributed by atoms with van der Waals surface area (Å²) in [5, 5.41) is 7.90. The maximum absolute atomic E-state index is 14.5. The summed E-state index contributed by atoms with van der Waals surface area (Å²) in [6, 6.07) is 20.7. The lowest BCUT2D eigenvalue weighted by atomic mass is 9.31. The average molecular weight is 1370 g/mol. The van der Waals surface area contributed by atoms with E-state index in [9.17, 15) is 63.6 Å². The van der Waals surface area contributed by atoms with Gasteiger partial charge in [-0.3, -0.25) is 53.6 Å². The van der Waals surface area contributed by atoms with E-state index in [0.717, 1.165) is 66.8 Å². The molecule has 8 aliphatic rings. The van der Waals surface area contributed by atoms with Gasteiger partial charge in [-0.2, -0.15) is 13.2 Å². The van der Waals surface area contributed by atoms with Gasteiger partial charge >= 0.3 is 5.51 Å². The van der Waals surface area contributed by atoms with Crippen LogP contribution in [0.5, 0.6) is 0 Å². The number of imide groups is 2. The van der Waals surface area contributed by atoms with E-state index >= 15 is 0 Å². The van der Waals surface area contributed by atoms with Crippen molar-refractivity contribution >= 4 is 90.0 Å². The topological polar surface area (TPSA) is 252 Å². The average Bonchev–Trinajstić information content (AvgIpc) is 1.06. The van der Waals surface area contributed by atoms with Crippen LogP contribution in [0.2, 0.25) is 0 Å². The molecule has 2 bridgehead atoms. The van der Waals surface area contributed by atoms with Gasteiger partial charge in [0.15, 0.2) is 0 Å². The van der Waals surface area contributed by atoms with Crippen LogP contribution in [-0.2, 0) is 39.0 Å². The number of nitrogens with zero attached hydrogens (tertiary/aromatic N) is 5. The number of amides is 7. The van der Waals surface area contributed by atoms with Crippen molar-refractivity contribution in [1.82, 2.24) is 29.6 Å². The highest BCUT2D eigenvalue weighted by atomic mass is 32.2. The Morgan fingerprint density at radius 1 is 0.758 bits per heavy atom. The van der Waals surface area contributed by atoms with Crippen molar-refractivity contribution < 1.29 is 63.6 Å². The first kappa shape index (κ1) is 69.2. The predicted octanol–water partition coefficient (Wildman–Crippen LogP) is 9.80. The summed E-state index contributed by atoms with van der Waals surface area (Å²) in [5.41, 5.74) is -0.581. The molecule has 4 aromatic carbocycles. The van der Waals surface area contributed by atoms with Crippen molar-refractivity contribution in [3.63, 3.8) is 0 Å². The quantitative estimate of drug-likeness (QED) is 0.0197. The minimum atomic E-state index is -6.16. The number of carbonyl (C=O) groups is 7. The van der Waals surface area contributed by atoms with Gasteiger partial charge in [-0.25, -0.2) is 21.6 Å². The van der Waals surface area contributed by atoms with Crippen LogP contribution in [0.1, 0.15) is 155 Å². The van der Waals surface area contributed by atoms with Crippen LogP contribution < -0.4 is 25.6 Å². The van der Waals surface area contributed by atoms with Crippen LogP contribution in [0, 0.1) is 16.2 Å². The first-order valence-electron chi connectivity index (χ1n) is 33.1. The molecule has 4 heterocycles. The molecule has 26 heteroatoms. The van der Waals surface area contributed by atoms with E-state index < -0.39 is 82.5 Å². The number of halogens is 3. The Hall–Kier alpha value is -7.13. The SMILES string of the molecule is CCC12CC(C3=C(CN4CCN(c5ccc(C(=O)NS(=O)(=O)c6ccc(N[C@H](CCN7CCN(C(=O)CCCCCCC(=O)Nc8cccc9c8C(=O)N(C8CCC(=O)NC8=O)C9=O)CC7)CSc7ccccc7)c(S(=O)(=O)C(F)(F)F)c6)cc5)CC4)CCC(C)(C)C3)(C1)C2. The first-order chi connectivity index (χ1) is 45.2. The number of piperidine rings is 1. The van der Waals surface area contributed by atoms with E-state index in [2.05, 4.69) is 51.4 Å². The van der Waals surface area contributed by atoms with E-state index in [1.54, 1.807) is 28.2 Å². The zero-order valence-electron chi connectivity index (χ0n) is 54.0. The maximum Gasteiger partial charge on any atom is 0.501 e. The zero-order chi connectivity index (χ0) is 67.7. The van der Waals surface area contributed by atoms with Gasteiger partial charge in [-0.15, -0.1) is 11.8 Å². The van der Waals surface area contributed by atoms with Crippen molar-refractivity contribution in [2.45, 2.75) is 156 Å². The molecule has 0 spiro atoms. The van der Waals surface area contributed by atoms with Crippen LogP contribution in [0.25, 0.3) is 0 Å². The molecule has 4 aliphatic heterocycles. The summed E-state index contributed by atoms with van der Waals surface area (Å²) in [6.45, 7) is 13.6. The van der Waals surface area contributed by atoms with Crippen LogP contribution in [0.15, 0.2) is 117 Å². The summed E-state index contributed by atoms with van der Waals surface area (Å²) in [6.07, 6.45) is 11.9. The molecule has 4 N–H and O–H groups in total. The van der Waals surface area contributed by atoms with Gasteiger partial charge in [0.1, 0.15) is 10.9 Å². The molecular weight excluding hydrogens is 1280 g/mol. The van der Waals surface area contributed by atoms with Crippen LogP contribution in [-0.4, -0.2) is 167 Å². The molecule has 0 radical (unpaired) electrons. The Balaban J connectivity index is 0.649. The Kier molecular flexibility index (Phi) is 20.5. The number of fused-ring (bicyclic) bond motifs is 1. The number of benzene rings is 4. The highest BCUT2D eigenvalue weighted by Gasteiger charge is 2.68. The second-order valence-corrected chi connectivity index (χ2v) is 32.2. The van der Waals surface area contributed by atoms with Gasteiger partial charge in [0, 0.05) is 113 Å². The Bertz CT molecular complexity index is 3870. The summed E-state index contributed by atoms with van der Waals surface area (Å²) < 4.78 is 100.0. The van der Waals surface area contributed by atoms with Crippen LogP contribution >= 0.6 is 11.8 Å². The summed E-state index contributed by atoms with van der Waals surface area (Å²) in [4.78, 5) is 98.9. The van der Waals surface area contributed by atoms with Crippen molar-refractivity contribution in [1.29, 1.82) is 0 Å². The standard InChI is InChI=1S/C69H84F3N9O11S3/c1-4-67-43-68(44-67,45-67)53-40-66(2,3)29-27-47(53)41-78-33-35-79(36-34-78)49-21-19-46(20-22-49)62(85)76-95(91,92)51-23-24-54(57(39-51)94(89,90)69(70,71)72)73-48(42-93-50-13-8-7-9-14-50)28-30-77-31-37-80(38-32-77)60(84)18-11-6-5-10-17-58(82)74-55-16-12-15-52-61(55)65(88)81(64(52)87)56-25-26-59(83)75-63(56)86/h7-9,12-16,19-24,39,48,56,73H,4-6,10-11,17-18,25-38,40-45H2,1-3H3,(H,74,82)(H,76,85)(H,75,83,86)/t48-,56?,67?,68?/m1/s1. The van der Waals surface area contributed by atoms with E-state index in [1.165, 1.54) is 80.6 Å². The highest BCUT2D eigenvalue weighted by Crippen LogP contribution is 2.79. The number of nitrogens with one attached hydrogen (secondary N) is 4. The fourth-order valence-electron chi connectivity index (χ4n) is 15.0. The number of piperazine rings is 2. The number of unbranched alkanes of at least 4 members (excludes halogenated alkanes) is 3. The van der Waals surface area contributed by atoms with E-state index in [0.29, 0.717) is 87.1 Å². The number of hydrogen-bond acceptors (Lipinski definition) is 16. The van der Waals surface area contributed by atoms with E-state index in [-0.39, 0.29) is 65.6 Å². The molecule has 4 aliphatic carbocycles. The predicted molar refractivity (Wildman–Crippen MR) is 355 cm³/mol. The molecule has 3 saturated carbocycles. The number of sulfonamides is 1. The van der Waals surface area contributed by atoms with E-state index in [1.807, 2.05) is 35.1 Å². The van der Waals surface area contributed by atoms with Crippen molar-refractivity contribution in [2.75, 3.05) is 86.7 Å². The van der Waals surface area contributed by atoms with Gasteiger partial charge in [0.2, 0.25) is 23.6 Å². The summed E-state index contributed by atoms with van der Waals surface area (Å²) in [7, 11) is -11.1. The Morgan fingerprint density at radius 2 is 1.44 bits per heavy atom. The molecule has 1 unspecified atom stereocenters. The number of anilines is 3. The lowest BCUT2D eigenvalue weighted by Gasteiger charge is -2.73. The molecule has 0 aromatic heterocycles. The molecule has 95 heavy (non-hydrogen) atoms. The fraction of sp³-hybridized carbons (Fsp3) is 0.522. The summed E-state index contributed by atoms with van der Waals surface area (Å²) in [5.74, 6) is -3.83. The summed E-state index contributed by atoms with van der Waals surface area (Å²) >= 11 is 1.40. The molecule has 20 nitrogen and oxygen atoms in total. The van der Waals surface area contributed by atoms with Crippen LogP contribution in [0.4, 0.5) is 30.2 Å². The number of alkyl halides is 3. The van der Waals surface area contributed by atoms with Crippen molar-refractivity contribution in [3.8, 4) is 0 Å². The van der Waals surface area contributed by atoms with Gasteiger partial charge in [-0.05, 0) is 147 Å². The number of sulfone groups is 1. The zero-order valence-corrected chi connectivity index (χ0v) is 56.4. The lowest BCUT2D eigenvalue weighted by Crippen LogP contribution is -2.63. The molecule has 4 aromatic rings. The number of carbonyl (C=O) groups excluding carboxylic acids is 7. The maximum atomic E-state index is 14.5. The fourth-order valence-corrected chi connectivity index (χ4v) is 18.0. The van der Waals surface area contributed by atoms with Crippen molar-refractivity contribution in [3.05, 3.63) is 119 Å². The van der Waals surface area contributed by atoms with Gasteiger partial charge in [0.05, 0.1) is 27.4 Å². The second kappa shape index (κ2) is 28.1. The number of rotatable bonds is 26. The molecular formula is C69H84F3N9O11S3. The number of allylic oxidation sites excluding steroid dienone is 1. The van der Waals surface area contributed by atoms with Gasteiger partial charge in [0.25, 0.3) is 37.6 Å². The van der Waals surface area contributed by atoms with Crippen molar-refractivity contribution in [2.24, 2.45) is 16.2 Å². The third-order valence-electron chi connectivity index (χ3n) is 20.4. The van der Waals surface area contributed by atoms with Gasteiger partial charge < -0.3 is 20.4 Å². The van der Waals surface area contributed by atoms with E-state index in [4.69, 9.17) is 0 Å². The smallest absolute Gasteiger partial charge is 0.380 e. The molecule has 12 rings (SSSR count). The van der Waals surface area contributed by atoms with Crippen LogP contribution in [0.3, 0.4) is 0 Å². The normalized spacial score (nSPS) is 22.8. The first-order valence-corrected chi connectivity index (χ1v) is 37.0. The Morgan fingerprint density at radius 3 is 2.12 bits per heavy atom. The Labute approximate surface area is 557 Å². The second-order valence-electron chi connectivity index (χ2n) is 27.6. The van der Waals surface area contributed by atoms with Gasteiger partial charge in [-0.1, -0.05) is 75.4 Å². The molecule has 510 valence electrons. The third kappa shape index (κ3) is 15.4. The lowest BCUT2D eigenvalue weighted by molar-refractivity contribution is -0.182. The highest BCUT2D eigenvalue weighted by molar-refractivity contribution is 7.99. The molecule has 2 atom stereocenters. The minimum absolute atomic E-state index is 0.00115. The largest absolute Gasteiger partial charge is 0.501 e. The molecule has 6 fully saturated rings. The monoisotopic (exact) mass is 1370 g/mol. The molecule has 3 saturated heterocycles. The number of hydrogen-bond donors (Lipinski definition) is 4. The molecule has 7 amide bonds. The number of thioether (sulfide) groups is 1. The third-order valence-corrected chi connectivity index (χ3v) is 24.5.